The van der Waals surface area contributed by atoms with E-state index in [0.29, 0.717) is 13.2 Å². The Hall–Kier alpha value is -2.41. The lowest BCUT2D eigenvalue weighted by atomic mass is 9.92. The van der Waals surface area contributed by atoms with Gasteiger partial charge < -0.3 is 15.0 Å². The molecule has 26 heavy (non-hydrogen) atoms. The SMILES string of the molecule is CCOC(=O)[C@H]1CCC[NH+](CN2C(=O)N[C@](C)(c3ccccc3)C2=O)C1. The molecule has 0 spiro atoms. The number of benzene rings is 1. The zero-order chi connectivity index (χ0) is 18.7. The number of carbonyl (C=O) groups excluding carboxylic acids is 3. The maximum atomic E-state index is 13.0. The summed E-state index contributed by atoms with van der Waals surface area (Å²) in [6.07, 6.45) is 1.67. The Morgan fingerprint density at radius 3 is 2.77 bits per heavy atom. The van der Waals surface area contributed by atoms with Gasteiger partial charge in [0.15, 0.2) is 6.67 Å². The number of nitrogens with zero attached hydrogens (tertiary/aromatic N) is 1. The first-order chi connectivity index (χ1) is 12.5. The molecule has 1 unspecified atom stereocenters. The molecule has 2 heterocycles. The van der Waals surface area contributed by atoms with Crippen molar-refractivity contribution in [1.82, 2.24) is 10.2 Å². The van der Waals surface area contributed by atoms with Crippen LogP contribution >= 0.6 is 0 Å². The summed E-state index contributed by atoms with van der Waals surface area (Å²) in [6, 6.07) is 8.87. The molecule has 0 saturated carbocycles. The fourth-order valence-electron chi connectivity index (χ4n) is 3.79. The van der Waals surface area contributed by atoms with Gasteiger partial charge in [0.2, 0.25) is 0 Å². The predicted molar refractivity (Wildman–Crippen MR) is 94.1 cm³/mol. The lowest BCUT2D eigenvalue weighted by Gasteiger charge is -2.30. The van der Waals surface area contributed by atoms with E-state index in [4.69, 9.17) is 4.74 Å². The Labute approximate surface area is 153 Å². The number of imide groups is 1. The Bertz CT molecular complexity index is 693. The van der Waals surface area contributed by atoms with Crippen LogP contribution in [0.4, 0.5) is 4.79 Å². The van der Waals surface area contributed by atoms with Crippen LogP contribution in [0.15, 0.2) is 30.3 Å². The molecule has 7 heteroatoms. The van der Waals surface area contributed by atoms with Crippen LogP contribution in [0.1, 0.15) is 32.3 Å². The van der Waals surface area contributed by atoms with Crippen LogP contribution < -0.4 is 10.2 Å². The quantitative estimate of drug-likeness (QED) is 0.583. The van der Waals surface area contributed by atoms with Crippen LogP contribution in [0.5, 0.6) is 0 Å². The molecule has 0 radical (unpaired) electrons. The zero-order valence-electron chi connectivity index (χ0n) is 15.3. The molecule has 2 saturated heterocycles. The Morgan fingerprint density at radius 1 is 1.35 bits per heavy atom. The van der Waals surface area contributed by atoms with Gasteiger partial charge in [-0.15, -0.1) is 0 Å². The van der Waals surface area contributed by atoms with Crippen LogP contribution in [0, 0.1) is 5.92 Å². The van der Waals surface area contributed by atoms with E-state index in [1.54, 1.807) is 13.8 Å². The minimum Gasteiger partial charge on any atom is -0.466 e. The van der Waals surface area contributed by atoms with E-state index in [1.807, 2.05) is 30.3 Å². The fraction of sp³-hybridized carbons (Fsp3) is 0.526. The van der Waals surface area contributed by atoms with Crippen molar-refractivity contribution < 1.29 is 24.0 Å². The number of ether oxygens (including phenoxy) is 1. The van der Waals surface area contributed by atoms with Crippen LogP contribution in [0.2, 0.25) is 0 Å². The molecule has 0 bridgehead atoms. The third-order valence-corrected chi connectivity index (χ3v) is 5.25. The first-order valence-corrected chi connectivity index (χ1v) is 9.15. The van der Waals surface area contributed by atoms with Gasteiger partial charge in [-0.25, -0.2) is 9.69 Å². The fourth-order valence-corrected chi connectivity index (χ4v) is 3.79. The summed E-state index contributed by atoms with van der Waals surface area (Å²) in [4.78, 5) is 39.7. The number of esters is 1. The number of carbonyl (C=O) groups is 3. The van der Waals surface area contributed by atoms with Crippen LogP contribution in [0.25, 0.3) is 0 Å². The first-order valence-electron chi connectivity index (χ1n) is 9.15. The van der Waals surface area contributed by atoms with Crippen molar-refractivity contribution in [2.24, 2.45) is 5.92 Å². The lowest BCUT2D eigenvalue weighted by Crippen LogP contribution is -3.15. The van der Waals surface area contributed by atoms with Crippen molar-refractivity contribution in [3.8, 4) is 0 Å². The normalized spacial score (nSPS) is 28.8. The Morgan fingerprint density at radius 2 is 2.08 bits per heavy atom. The van der Waals surface area contributed by atoms with E-state index in [-0.39, 0.29) is 30.5 Å². The van der Waals surface area contributed by atoms with Crippen molar-refractivity contribution >= 4 is 17.9 Å². The van der Waals surface area contributed by atoms with Crippen molar-refractivity contribution in [2.75, 3.05) is 26.4 Å². The van der Waals surface area contributed by atoms with Gasteiger partial charge >= 0.3 is 12.0 Å². The van der Waals surface area contributed by atoms with E-state index in [9.17, 15) is 14.4 Å². The highest BCUT2D eigenvalue weighted by Crippen LogP contribution is 2.28. The molecule has 0 aromatic heterocycles. The third-order valence-electron chi connectivity index (χ3n) is 5.25. The minimum absolute atomic E-state index is 0.167. The molecule has 3 amide bonds. The Balaban J connectivity index is 1.69. The molecule has 3 atom stereocenters. The number of hydrogen-bond donors (Lipinski definition) is 2. The summed E-state index contributed by atoms with van der Waals surface area (Å²) in [5, 5.41) is 2.82. The maximum Gasteiger partial charge on any atom is 0.329 e. The number of rotatable bonds is 5. The molecular weight excluding hydrogens is 334 g/mol. The molecule has 140 valence electrons. The number of nitrogens with one attached hydrogen (secondary N) is 2. The molecule has 2 aliphatic rings. The van der Waals surface area contributed by atoms with Gasteiger partial charge in [-0.2, -0.15) is 0 Å². The van der Waals surface area contributed by atoms with Crippen molar-refractivity contribution in [3.63, 3.8) is 0 Å². The van der Waals surface area contributed by atoms with Gasteiger partial charge in [-0.05, 0) is 32.3 Å². The highest BCUT2D eigenvalue weighted by Gasteiger charge is 2.50. The number of hydrogen-bond acceptors (Lipinski definition) is 4. The van der Waals surface area contributed by atoms with Gasteiger partial charge in [0.05, 0.1) is 19.7 Å². The second kappa shape index (κ2) is 7.45. The third kappa shape index (κ3) is 3.44. The van der Waals surface area contributed by atoms with Crippen LogP contribution in [-0.2, 0) is 19.9 Å². The summed E-state index contributed by atoms with van der Waals surface area (Å²) in [5.74, 6) is -0.601. The van der Waals surface area contributed by atoms with Crippen molar-refractivity contribution in [1.29, 1.82) is 0 Å². The zero-order valence-corrected chi connectivity index (χ0v) is 15.3. The van der Waals surface area contributed by atoms with E-state index in [2.05, 4.69) is 5.32 Å². The van der Waals surface area contributed by atoms with Gasteiger partial charge in [0, 0.05) is 0 Å². The molecule has 2 N–H and O–H groups in total. The van der Waals surface area contributed by atoms with Crippen LogP contribution in [0.3, 0.4) is 0 Å². The predicted octanol–water partition coefficient (Wildman–Crippen LogP) is 0.269. The second-order valence-electron chi connectivity index (χ2n) is 7.11. The monoisotopic (exact) mass is 360 g/mol. The average molecular weight is 360 g/mol. The molecule has 1 aromatic carbocycles. The highest BCUT2D eigenvalue weighted by molar-refractivity contribution is 6.07. The van der Waals surface area contributed by atoms with Gasteiger partial charge in [-0.1, -0.05) is 30.3 Å². The van der Waals surface area contributed by atoms with Gasteiger partial charge in [0.1, 0.15) is 11.5 Å². The minimum atomic E-state index is -1.05. The van der Waals surface area contributed by atoms with Gasteiger partial charge in [-0.3, -0.25) is 9.59 Å². The molecule has 7 nitrogen and oxygen atoms in total. The summed E-state index contributed by atoms with van der Waals surface area (Å²) in [7, 11) is 0. The number of urea groups is 1. The second-order valence-corrected chi connectivity index (χ2v) is 7.11. The van der Waals surface area contributed by atoms with E-state index in [0.717, 1.165) is 29.8 Å². The van der Waals surface area contributed by atoms with Crippen molar-refractivity contribution in [2.45, 2.75) is 32.2 Å². The number of amides is 3. The van der Waals surface area contributed by atoms with Crippen molar-refractivity contribution in [3.05, 3.63) is 35.9 Å². The maximum absolute atomic E-state index is 13.0. The highest BCUT2D eigenvalue weighted by atomic mass is 16.5. The lowest BCUT2D eigenvalue weighted by molar-refractivity contribution is -0.914. The molecule has 0 aliphatic carbocycles. The topological polar surface area (TPSA) is 80.2 Å². The first kappa shape index (κ1) is 18.4. The van der Waals surface area contributed by atoms with Crippen LogP contribution in [-0.4, -0.2) is 49.2 Å². The van der Waals surface area contributed by atoms with E-state index >= 15 is 0 Å². The smallest absolute Gasteiger partial charge is 0.329 e. The average Bonchev–Trinajstić information content (AvgIpc) is 2.87. The summed E-state index contributed by atoms with van der Waals surface area (Å²) in [5.41, 5.74) is -0.285. The van der Waals surface area contributed by atoms with E-state index < -0.39 is 5.54 Å². The molecule has 3 rings (SSSR count). The van der Waals surface area contributed by atoms with E-state index in [1.165, 1.54) is 4.90 Å². The molecule has 2 aliphatic heterocycles. The number of piperidine rings is 1. The largest absolute Gasteiger partial charge is 0.466 e. The molecule has 1 aromatic rings. The summed E-state index contributed by atoms with van der Waals surface area (Å²) < 4.78 is 5.12. The summed E-state index contributed by atoms with van der Waals surface area (Å²) in [6.45, 7) is 5.57. The Kier molecular flexibility index (Phi) is 5.27. The number of quaternary nitrogens is 1. The summed E-state index contributed by atoms with van der Waals surface area (Å²) >= 11 is 0. The molecular formula is C19H26N3O4+. The standard InChI is InChI=1S/C19H25N3O4/c1-3-26-16(23)14-8-7-11-21(12-14)13-22-17(24)19(2,20-18(22)25)15-9-5-4-6-10-15/h4-6,9-10,14H,3,7-8,11-13H2,1-2H3,(H,20,25)/p+1/t14-,19+/m0/s1. The van der Waals surface area contributed by atoms with Gasteiger partial charge in [0.25, 0.3) is 5.91 Å². The number of likely N-dealkylation sites (tertiary alicyclic amines) is 1. The molecule has 2 fully saturated rings.